The van der Waals surface area contributed by atoms with Crippen molar-refractivity contribution in [2.45, 2.75) is 0 Å². The highest BCUT2D eigenvalue weighted by molar-refractivity contribution is 6.09. The molecule has 0 saturated carbocycles. The van der Waals surface area contributed by atoms with Gasteiger partial charge in [0.15, 0.2) is 0 Å². The molecule has 4 nitrogen and oxygen atoms in total. The molecule has 0 saturated heterocycles. The maximum Gasteiger partial charge on any atom is 0.337 e. The minimum absolute atomic E-state index is 0.357. The number of anilines is 1. The minimum Gasteiger partial charge on any atom is -0.465 e. The van der Waals surface area contributed by atoms with E-state index in [-0.39, 0.29) is 5.97 Å². The van der Waals surface area contributed by atoms with E-state index in [1.807, 2.05) is 36.4 Å². The van der Waals surface area contributed by atoms with Crippen LogP contribution in [0.15, 0.2) is 55.1 Å². The topological polar surface area (TPSA) is 51.2 Å². The van der Waals surface area contributed by atoms with Gasteiger partial charge in [-0.25, -0.2) is 9.78 Å². The lowest BCUT2D eigenvalue weighted by Crippen LogP contribution is -2.03. The van der Waals surface area contributed by atoms with Crippen LogP contribution in [-0.2, 0) is 4.74 Å². The average molecular weight is 292 g/mol. The first kappa shape index (κ1) is 14.1. The van der Waals surface area contributed by atoms with Gasteiger partial charge < -0.3 is 10.1 Å². The molecule has 0 bridgehead atoms. The van der Waals surface area contributed by atoms with Crippen molar-refractivity contribution >= 4 is 33.5 Å². The largest absolute Gasteiger partial charge is 0.465 e. The molecular weight excluding hydrogens is 276 g/mol. The van der Waals surface area contributed by atoms with E-state index in [0.717, 1.165) is 27.5 Å². The fourth-order valence-electron chi connectivity index (χ4n) is 2.50. The molecular formula is C18H16N2O2. The number of carbonyl (C=O) groups is 1. The SMILES string of the molecule is C=CCNc1c2ccccc2nc2ccc(C(=O)OC)cc12. The molecule has 0 radical (unpaired) electrons. The molecule has 3 rings (SSSR count). The normalized spacial score (nSPS) is 10.6. The maximum absolute atomic E-state index is 11.8. The lowest BCUT2D eigenvalue weighted by Gasteiger charge is -2.12. The van der Waals surface area contributed by atoms with Crippen molar-refractivity contribution in [2.75, 3.05) is 19.0 Å². The Kier molecular flexibility index (Phi) is 3.74. The predicted molar refractivity (Wildman–Crippen MR) is 89.3 cm³/mol. The molecule has 3 aromatic rings. The highest BCUT2D eigenvalue weighted by Gasteiger charge is 2.12. The van der Waals surface area contributed by atoms with Crippen LogP contribution < -0.4 is 5.32 Å². The standard InChI is InChI=1S/C18H16N2O2/c1-3-10-19-17-13-6-4-5-7-15(13)20-16-9-8-12(11-14(16)17)18(21)22-2/h3-9,11H,1,10H2,2H3,(H,19,20). The van der Waals surface area contributed by atoms with Crippen molar-refractivity contribution in [3.63, 3.8) is 0 Å². The van der Waals surface area contributed by atoms with E-state index < -0.39 is 0 Å². The van der Waals surface area contributed by atoms with Gasteiger partial charge in [0.1, 0.15) is 0 Å². The number of esters is 1. The van der Waals surface area contributed by atoms with Gasteiger partial charge in [0, 0.05) is 17.3 Å². The summed E-state index contributed by atoms with van der Waals surface area (Å²) in [7, 11) is 1.38. The number of hydrogen-bond donors (Lipinski definition) is 1. The quantitative estimate of drug-likeness (QED) is 0.452. The maximum atomic E-state index is 11.8. The van der Waals surface area contributed by atoms with Gasteiger partial charge in [0.2, 0.25) is 0 Å². The van der Waals surface area contributed by atoms with Crippen LogP contribution >= 0.6 is 0 Å². The number of aromatic nitrogens is 1. The Balaban J connectivity index is 2.32. The number of fused-ring (bicyclic) bond motifs is 2. The molecule has 0 aliphatic heterocycles. The number of nitrogens with one attached hydrogen (secondary N) is 1. The fraction of sp³-hybridized carbons (Fsp3) is 0.111. The molecule has 0 atom stereocenters. The molecule has 0 spiro atoms. The first-order chi connectivity index (χ1) is 10.7. The Morgan fingerprint density at radius 1 is 1.23 bits per heavy atom. The van der Waals surface area contributed by atoms with Crippen molar-refractivity contribution < 1.29 is 9.53 Å². The van der Waals surface area contributed by atoms with Crippen LogP contribution in [0.5, 0.6) is 0 Å². The van der Waals surface area contributed by atoms with Crippen LogP contribution in [0, 0.1) is 0 Å². The summed E-state index contributed by atoms with van der Waals surface area (Å²) in [4.78, 5) is 16.4. The second-order valence-electron chi connectivity index (χ2n) is 4.90. The van der Waals surface area contributed by atoms with Crippen molar-refractivity contribution in [2.24, 2.45) is 0 Å². The van der Waals surface area contributed by atoms with E-state index in [9.17, 15) is 4.79 Å². The van der Waals surface area contributed by atoms with E-state index in [4.69, 9.17) is 4.74 Å². The molecule has 0 amide bonds. The summed E-state index contributed by atoms with van der Waals surface area (Å²) in [6, 6.07) is 13.3. The van der Waals surface area contributed by atoms with Crippen molar-refractivity contribution in [3.8, 4) is 0 Å². The number of rotatable bonds is 4. The third-order valence-electron chi connectivity index (χ3n) is 3.52. The summed E-state index contributed by atoms with van der Waals surface area (Å²) in [6.45, 7) is 4.37. The smallest absolute Gasteiger partial charge is 0.337 e. The summed E-state index contributed by atoms with van der Waals surface area (Å²) in [5, 5.41) is 5.26. The number of ether oxygens (including phenoxy) is 1. The zero-order valence-corrected chi connectivity index (χ0v) is 12.3. The molecule has 4 heteroatoms. The zero-order chi connectivity index (χ0) is 15.5. The third-order valence-corrected chi connectivity index (χ3v) is 3.52. The van der Waals surface area contributed by atoms with Gasteiger partial charge in [0.05, 0.1) is 29.4 Å². The van der Waals surface area contributed by atoms with Gasteiger partial charge >= 0.3 is 5.97 Å². The zero-order valence-electron chi connectivity index (χ0n) is 12.3. The van der Waals surface area contributed by atoms with E-state index in [1.165, 1.54) is 7.11 Å². The summed E-state index contributed by atoms with van der Waals surface area (Å²) in [5.41, 5.74) is 3.20. The van der Waals surface area contributed by atoms with Gasteiger partial charge in [0.25, 0.3) is 0 Å². The first-order valence-corrected chi connectivity index (χ1v) is 7.00. The third kappa shape index (κ3) is 2.39. The summed E-state index contributed by atoms with van der Waals surface area (Å²) in [6.07, 6.45) is 1.80. The van der Waals surface area contributed by atoms with E-state index in [1.54, 1.807) is 12.1 Å². The molecule has 1 aromatic heterocycles. The van der Waals surface area contributed by atoms with Gasteiger partial charge in [-0.1, -0.05) is 24.3 Å². The van der Waals surface area contributed by atoms with Crippen LogP contribution in [0.3, 0.4) is 0 Å². The number of nitrogens with zero attached hydrogens (tertiary/aromatic N) is 1. The molecule has 110 valence electrons. The number of carbonyl (C=O) groups excluding carboxylic acids is 1. The number of methoxy groups -OCH3 is 1. The molecule has 0 aliphatic rings. The van der Waals surface area contributed by atoms with E-state index in [2.05, 4.69) is 16.9 Å². The van der Waals surface area contributed by atoms with Crippen LogP contribution in [0.4, 0.5) is 5.69 Å². The molecule has 0 unspecified atom stereocenters. The van der Waals surface area contributed by atoms with Crippen molar-refractivity contribution in [1.82, 2.24) is 4.98 Å². The highest BCUT2D eigenvalue weighted by Crippen LogP contribution is 2.31. The Morgan fingerprint density at radius 3 is 2.77 bits per heavy atom. The lowest BCUT2D eigenvalue weighted by molar-refractivity contribution is 0.0601. The minimum atomic E-state index is -0.357. The number of para-hydroxylation sites is 1. The fourth-order valence-corrected chi connectivity index (χ4v) is 2.50. The first-order valence-electron chi connectivity index (χ1n) is 7.00. The Hall–Kier alpha value is -2.88. The molecule has 22 heavy (non-hydrogen) atoms. The molecule has 0 fully saturated rings. The van der Waals surface area contributed by atoms with Gasteiger partial charge in [-0.2, -0.15) is 0 Å². The van der Waals surface area contributed by atoms with Gasteiger partial charge in [-0.15, -0.1) is 6.58 Å². The van der Waals surface area contributed by atoms with Crippen LogP contribution in [0.1, 0.15) is 10.4 Å². The molecule has 1 N–H and O–H groups in total. The van der Waals surface area contributed by atoms with Crippen molar-refractivity contribution in [1.29, 1.82) is 0 Å². The second kappa shape index (κ2) is 5.85. The molecule has 2 aromatic carbocycles. The average Bonchev–Trinajstić information content (AvgIpc) is 2.57. The molecule has 0 aliphatic carbocycles. The predicted octanol–water partition coefficient (Wildman–Crippen LogP) is 3.77. The highest BCUT2D eigenvalue weighted by atomic mass is 16.5. The summed E-state index contributed by atoms with van der Waals surface area (Å²) < 4.78 is 4.80. The van der Waals surface area contributed by atoms with Gasteiger partial charge in [-0.3, -0.25) is 0 Å². The summed E-state index contributed by atoms with van der Waals surface area (Å²) >= 11 is 0. The van der Waals surface area contributed by atoms with Crippen LogP contribution in [0.25, 0.3) is 21.8 Å². The van der Waals surface area contributed by atoms with Crippen molar-refractivity contribution in [3.05, 3.63) is 60.7 Å². The summed E-state index contributed by atoms with van der Waals surface area (Å²) in [5.74, 6) is -0.357. The Bertz CT molecular complexity index is 871. The van der Waals surface area contributed by atoms with Crippen LogP contribution in [-0.4, -0.2) is 24.6 Å². The van der Waals surface area contributed by atoms with E-state index >= 15 is 0 Å². The Morgan fingerprint density at radius 2 is 2.00 bits per heavy atom. The number of pyridine rings is 1. The van der Waals surface area contributed by atoms with Gasteiger partial charge in [-0.05, 0) is 24.3 Å². The number of benzene rings is 2. The Labute approximate surface area is 128 Å². The molecule has 1 heterocycles. The second-order valence-corrected chi connectivity index (χ2v) is 4.90. The van der Waals surface area contributed by atoms with E-state index in [0.29, 0.717) is 12.1 Å². The van der Waals surface area contributed by atoms with Crippen LogP contribution in [0.2, 0.25) is 0 Å². The lowest BCUT2D eigenvalue weighted by atomic mass is 10.1. The number of hydrogen-bond acceptors (Lipinski definition) is 4. The monoisotopic (exact) mass is 292 g/mol.